The normalized spacial score (nSPS) is 31.9. The molecule has 0 aromatic carbocycles. The SMILES string of the molecule is CCNC1CCCN(C(C)C2CCOC2)C1=O. The van der Waals surface area contributed by atoms with Crippen molar-refractivity contribution in [3.05, 3.63) is 0 Å². The van der Waals surface area contributed by atoms with Crippen LogP contribution in [0.1, 0.15) is 33.1 Å². The summed E-state index contributed by atoms with van der Waals surface area (Å²) in [6.45, 7) is 7.68. The van der Waals surface area contributed by atoms with Gasteiger partial charge in [-0.3, -0.25) is 4.79 Å². The molecule has 3 atom stereocenters. The van der Waals surface area contributed by atoms with Gasteiger partial charge in [0.2, 0.25) is 5.91 Å². The van der Waals surface area contributed by atoms with E-state index in [-0.39, 0.29) is 11.9 Å². The maximum absolute atomic E-state index is 12.3. The highest BCUT2D eigenvalue weighted by Gasteiger charge is 2.35. The number of nitrogens with one attached hydrogen (secondary N) is 1. The molecular formula is C13H24N2O2. The molecule has 1 amide bonds. The van der Waals surface area contributed by atoms with Gasteiger partial charge in [0.05, 0.1) is 12.6 Å². The highest BCUT2D eigenvalue weighted by molar-refractivity contribution is 5.82. The Morgan fingerprint density at radius 1 is 1.53 bits per heavy atom. The molecule has 0 aliphatic carbocycles. The fourth-order valence-electron chi connectivity index (χ4n) is 2.93. The van der Waals surface area contributed by atoms with Crippen molar-refractivity contribution in [2.75, 3.05) is 26.3 Å². The summed E-state index contributed by atoms with van der Waals surface area (Å²) in [6, 6.07) is 0.366. The van der Waals surface area contributed by atoms with Crippen LogP contribution >= 0.6 is 0 Å². The van der Waals surface area contributed by atoms with E-state index in [1.54, 1.807) is 0 Å². The van der Waals surface area contributed by atoms with Crippen LogP contribution in [-0.4, -0.2) is 49.2 Å². The Balaban J connectivity index is 1.96. The first-order valence-electron chi connectivity index (χ1n) is 6.85. The van der Waals surface area contributed by atoms with Crippen LogP contribution < -0.4 is 5.32 Å². The van der Waals surface area contributed by atoms with Gasteiger partial charge >= 0.3 is 0 Å². The van der Waals surface area contributed by atoms with Gasteiger partial charge in [0.1, 0.15) is 0 Å². The van der Waals surface area contributed by atoms with Crippen molar-refractivity contribution in [1.29, 1.82) is 0 Å². The summed E-state index contributed by atoms with van der Waals surface area (Å²) in [6.07, 6.45) is 3.19. The van der Waals surface area contributed by atoms with Crippen LogP contribution in [0.3, 0.4) is 0 Å². The molecule has 0 aromatic heterocycles. The minimum atomic E-state index is 0.0403. The second kappa shape index (κ2) is 5.83. The van der Waals surface area contributed by atoms with Gasteiger partial charge < -0.3 is 15.0 Å². The van der Waals surface area contributed by atoms with Crippen LogP contribution in [-0.2, 0) is 9.53 Å². The molecule has 3 unspecified atom stereocenters. The van der Waals surface area contributed by atoms with Crippen molar-refractivity contribution in [3.63, 3.8) is 0 Å². The molecule has 98 valence electrons. The summed E-state index contributed by atoms with van der Waals surface area (Å²) in [4.78, 5) is 14.4. The molecule has 2 heterocycles. The van der Waals surface area contributed by atoms with E-state index < -0.39 is 0 Å². The highest BCUT2D eigenvalue weighted by Crippen LogP contribution is 2.24. The highest BCUT2D eigenvalue weighted by atomic mass is 16.5. The molecule has 4 nitrogen and oxygen atoms in total. The standard InChI is InChI=1S/C13H24N2O2/c1-3-14-12-5-4-7-15(13(12)16)10(2)11-6-8-17-9-11/h10-12,14H,3-9H2,1-2H3. The van der Waals surface area contributed by atoms with E-state index in [1.165, 1.54) is 0 Å². The quantitative estimate of drug-likeness (QED) is 0.797. The lowest BCUT2D eigenvalue weighted by Gasteiger charge is -2.38. The predicted molar refractivity (Wildman–Crippen MR) is 66.8 cm³/mol. The number of carbonyl (C=O) groups excluding carboxylic acids is 1. The summed E-state index contributed by atoms with van der Waals surface area (Å²) >= 11 is 0. The van der Waals surface area contributed by atoms with E-state index in [9.17, 15) is 4.79 Å². The summed E-state index contributed by atoms with van der Waals surface area (Å²) in [5, 5.41) is 3.29. The lowest BCUT2D eigenvalue weighted by atomic mass is 9.95. The second-order valence-corrected chi connectivity index (χ2v) is 5.15. The molecule has 0 aromatic rings. The Hall–Kier alpha value is -0.610. The van der Waals surface area contributed by atoms with Crippen LogP contribution in [0.5, 0.6) is 0 Å². The molecule has 2 rings (SSSR count). The second-order valence-electron chi connectivity index (χ2n) is 5.15. The van der Waals surface area contributed by atoms with E-state index >= 15 is 0 Å². The first-order chi connectivity index (χ1) is 8.24. The number of hydrogen-bond acceptors (Lipinski definition) is 3. The Labute approximate surface area is 104 Å². The van der Waals surface area contributed by atoms with Crippen molar-refractivity contribution in [1.82, 2.24) is 10.2 Å². The topological polar surface area (TPSA) is 41.6 Å². The first kappa shape index (κ1) is 12.8. The van der Waals surface area contributed by atoms with E-state index in [0.717, 1.165) is 45.6 Å². The van der Waals surface area contributed by atoms with Gasteiger partial charge in [-0.1, -0.05) is 6.92 Å². The largest absolute Gasteiger partial charge is 0.381 e. The number of ether oxygens (including phenoxy) is 1. The zero-order valence-electron chi connectivity index (χ0n) is 10.9. The van der Waals surface area contributed by atoms with Gasteiger partial charge in [-0.25, -0.2) is 0 Å². The number of piperidine rings is 1. The minimum absolute atomic E-state index is 0.0403. The average Bonchev–Trinajstić information content (AvgIpc) is 2.85. The lowest BCUT2D eigenvalue weighted by Crippen LogP contribution is -2.55. The molecule has 2 aliphatic heterocycles. The van der Waals surface area contributed by atoms with Crippen LogP contribution in [0.25, 0.3) is 0 Å². The average molecular weight is 240 g/mol. The molecule has 2 fully saturated rings. The number of carbonyl (C=O) groups is 1. The maximum atomic E-state index is 12.3. The zero-order valence-corrected chi connectivity index (χ0v) is 10.9. The lowest BCUT2D eigenvalue weighted by molar-refractivity contribution is -0.139. The summed E-state index contributed by atoms with van der Waals surface area (Å²) in [5.41, 5.74) is 0. The third kappa shape index (κ3) is 2.80. The van der Waals surface area contributed by atoms with Gasteiger partial charge in [-0.15, -0.1) is 0 Å². The Bertz CT molecular complexity index is 262. The maximum Gasteiger partial charge on any atom is 0.239 e. The fourth-order valence-corrected chi connectivity index (χ4v) is 2.93. The Morgan fingerprint density at radius 2 is 2.35 bits per heavy atom. The number of amides is 1. The van der Waals surface area contributed by atoms with Crippen molar-refractivity contribution in [3.8, 4) is 0 Å². The molecule has 17 heavy (non-hydrogen) atoms. The predicted octanol–water partition coefficient (Wildman–Crippen LogP) is 1.01. The van der Waals surface area contributed by atoms with Crippen LogP contribution in [0.15, 0.2) is 0 Å². The monoisotopic (exact) mass is 240 g/mol. The summed E-state index contributed by atoms with van der Waals surface area (Å²) in [5.74, 6) is 0.817. The molecule has 0 radical (unpaired) electrons. The van der Waals surface area contributed by atoms with Gasteiger partial charge in [0.25, 0.3) is 0 Å². The number of likely N-dealkylation sites (tertiary alicyclic amines) is 1. The molecule has 2 aliphatic rings. The van der Waals surface area contributed by atoms with E-state index in [2.05, 4.69) is 24.1 Å². The van der Waals surface area contributed by atoms with Crippen molar-refractivity contribution < 1.29 is 9.53 Å². The van der Waals surface area contributed by atoms with E-state index in [4.69, 9.17) is 4.74 Å². The van der Waals surface area contributed by atoms with Crippen LogP contribution in [0.4, 0.5) is 0 Å². The number of hydrogen-bond donors (Lipinski definition) is 1. The molecule has 0 bridgehead atoms. The van der Waals surface area contributed by atoms with E-state index in [1.807, 2.05) is 0 Å². The third-order valence-electron chi connectivity index (χ3n) is 4.06. The number of nitrogens with zero attached hydrogens (tertiary/aromatic N) is 1. The zero-order chi connectivity index (χ0) is 12.3. The smallest absolute Gasteiger partial charge is 0.239 e. The Kier molecular flexibility index (Phi) is 4.40. The van der Waals surface area contributed by atoms with Crippen molar-refractivity contribution >= 4 is 5.91 Å². The minimum Gasteiger partial charge on any atom is -0.381 e. The Morgan fingerprint density at radius 3 is 3.00 bits per heavy atom. The molecule has 4 heteroatoms. The van der Waals surface area contributed by atoms with Crippen LogP contribution in [0.2, 0.25) is 0 Å². The number of likely N-dealkylation sites (N-methyl/N-ethyl adjacent to an activating group) is 1. The number of rotatable bonds is 4. The van der Waals surface area contributed by atoms with Crippen molar-refractivity contribution in [2.24, 2.45) is 5.92 Å². The van der Waals surface area contributed by atoms with Gasteiger partial charge in [-0.2, -0.15) is 0 Å². The van der Waals surface area contributed by atoms with E-state index in [0.29, 0.717) is 12.0 Å². The first-order valence-corrected chi connectivity index (χ1v) is 6.85. The van der Waals surface area contributed by atoms with Crippen LogP contribution in [0, 0.1) is 5.92 Å². The molecule has 2 saturated heterocycles. The summed E-state index contributed by atoms with van der Waals surface area (Å²) < 4.78 is 5.43. The molecule has 0 saturated carbocycles. The summed E-state index contributed by atoms with van der Waals surface area (Å²) in [7, 11) is 0. The third-order valence-corrected chi connectivity index (χ3v) is 4.06. The fraction of sp³-hybridized carbons (Fsp3) is 0.923. The molecular weight excluding hydrogens is 216 g/mol. The van der Waals surface area contributed by atoms with Gasteiger partial charge in [0.15, 0.2) is 0 Å². The van der Waals surface area contributed by atoms with Gasteiger partial charge in [0, 0.05) is 25.1 Å². The molecule has 0 spiro atoms. The van der Waals surface area contributed by atoms with Crippen molar-refractivity contribution in [2.45, 2.75) is 45.2 Å². The molecule has 1 N–H and O–H groups in total. The van der Waals surface area contributed by atoms with Gasteiger partial charge in [-0.05, 0) is 32.7 Å².